The fraction of sp³-hybridized carbons (Fsp3) is 0.308. The first-order chi connectivity index (χ1) is 7.81. The van der Waals surface area contributed by atoms with Gasteiger partial charge in [0.1, 0.15) is 0 Å². The van der Waals surface area contributed by atoms with Crippen LogP contribution in [-0.2, 0) is 24.2 Å². The molecule has 1 amide bonds. The van der Waals surface area contributed by atoms with Crippen LogP contribution in [0.15, 0.2) is 30.3 Å². The largest absolute Gasteiger partial charge is 0.504 e. The molecule has 86 valence electrons. The molecule has 0 bridgehead atoms. The number of rotatable bonds is 3. The molecule has 0 spiro atoms. The molecule has 1 saturated heterocycles. The smallest absolute Gasteiger partial charge is 0.307 e. The molecule has 0 aromatic heterocycles. The second-order valence-electron chi connectivity index (χ2n) is 3.58. The van der Waals surface area contributed by atoms with E-state index in [9.17, 15) is 4.79 Å². The summed E-state index contributed by atoms with van der Waals surface area (Å²) in [7, 11) is 0. The molecule has 1 fully saturated rings. The Balaban J connectivity index is 0.00000144. The topological polar surface area (TPSA) is 29.5 Å². The maximum absolute atomic E-state index is 11.3. The monoisotopic (exact) mass is 280 g/mol. The molecule has 0 atom stereocenters. The maximum Gasteiger partial charge on any atom is 0.307 e. The van der Waals surface area contributed by atoms with Crippen molar-refractivity contribution in [1.82, 2.24) is 4.90 Å². The van der Waals surface area contributed by atoms with E-state index in [0.717, 1.165) is 17.6 Å². The molecule has 0 N–H and O–H groups in total. The number of benzene rings is 1. The van der Waals surface area contributed by atoms with Crippen LogP contribution in [0, 0.1) is 6.20 Å². The van der Waals surface area contributed by atoms with Crippen molar-refractivity contribution in [2.24, 2.45) is 0 Å². The molecule has 1 aliphatic rings. The third-order valence-electron chi connectivity index (χ3n) is 2.51. The van der Waals surface area contributed by atoms with E-state index < -0.39 is 0 Å². The molecule has 1 heterocycles. The second kappa shape index (κ2) is 6.56. The van der Waals surface area contributed by atoms with E-state index in [1.54, 1.807) is 0 Å². The molecule has 1 aliphatic heterocycles. The summed E-state index contributed by atoms with van der Waals surface area (Å²) in [6.45, 7) is 3.10. The average Bonchev–Trinajstić information content (AvgIpc) is 2.73. The summed E-state index contributed by atoms with van der Waals surface area (Å²) in [5, 5.41) is 0. The summed E-state index contributed by atoms with van der Waals surface area (Å²) in [5.41, 5.74) is 2.13. The van der Waals surface area contributed by atoms with Crippen LogP contribution in [-0.4, -0.2) is 24.1 Å². The van der Waals surface area contributed by atoms with Crippen LogP contribution in [0.25, 0.3) is 5.57 Å². The van der Waals surface area contributed by atoms with Crippen molar-refractivity contribution in [2.45, 2.75) is 13.3 Å². The average molecular weight is 282 g/mol. The molecule has 3 nitrogen and oxygen atoms in total. The van der Waals surface area contributed by atoms with Gasteiger partial charge in [0.25, 0.3) is 0 Å². The van der Waals surface area contributed by atoms with Crippen LogP contribution in [0.3, 0.4) is 0 Å². The minimum atomic E-state index is -0.304. The number of allylic oxidation sites excluding steroid dienone is 1. The first-order valence-electron chi connectivity index (χ1n) is 5.43. The van der Waals surface area contributed by atoms with Crippen molar-refractivity contribution in [1.29, 1.82) is 0 Å². The van der Waals surface area contributed by atoms with Gasteiger partial charge in [-0.25, -0.2) is 0 Å². The van der Waals surface area contributed by atoms with Gasteiger partial charge in [-0.05, 0) is 0 Å². The molecule has 0 unspecified atom stereocenters. The molecule has 17 heavy (non-hydrogen) atoms. The maximum atomic E-state index is 11.3. The number of carbonyl (C=O) groups is 1. The number of carbonyl (C=O) groups excluding carboxylic acids is 1. The van der Waals surface area contributed by atoms with Gasteiger partial charge < -0.3 is 14.4 Å². The van der Waals surface area contributed by atoms with Crippen molar-refractivity contribution >= 4 is 11.7 Å². The minimum Gasteiger partial charge on any atom is -0.504 e. The van der Waals surface area contributed by atoms with Crippen LogP contribution in [0.1, 0.15) is 18.9 Å². The molecule has 1 aromatic rings. The first-order valence-corrected chi connectivity index (χ1v) is 5.43. The van der Waals surface area contributed by atoms with Gasteiger partial charge in [0.2, 0.25) is 0 Å². The van der Waals surface area contributed by atoms with Crippen LogP contribution in [0.4, 0.5) is 4.79 Å². The zero-order chi connectivity index (χ0) is 11.4. The fourth-order valence-corrected chi connectivity index (χ4v) is 1.64. The van der Waals surface area contributed by atoms with Crippen molar-refractivity contribution in [3.05, 3.63) is 42.1 Å². The summed E-state index contributed by atoms with van der Waals surface area (Å²) in [6.07, 6.45) is 3.64. The number of nitrogens with zero attached hydrogens (tertiary/aromatic N) is 1. The number of ether oxygens (including phenoxy) is 1. The van der Waals surface area contributed by atoms with Crippen molar-refractivity contribution in [3.63, 3.8) is 0 Å². The number of hydrogen-bond donors (Lipinski definition) is 0. The quantitative estimate of drug-likeness (QED) is 0.630. The van der Waals surface area contributed by atoms with Gasteiger partial charge >= 0.3 is 6.09 Å². The Hall–Kier alpha value is -1.15. The normalized spacial score (nSPS) is 15.5. The zero-order valence-corrected chi connectivity index (χ0v) is 12.9. The van der Waals surface area contributed by atoms with Crippen molar-refractivity contribution in [2.75, 3.05) is 13.2 Å². The predicted molar refractivity (Wildman–Crippen MR) is 61.4 cm³/mol. The molecular formula is C13H14NO2Zn-. The summed E-state index contributed by atoms with van der Waals surface area (Å²) in [5.74, 6) is 0. The van der Waals surface area contributed by atoms with E-state index >= 15 is 0 Å². The Morgan fingerprint density at radius 2 is 2.12 bits per heavy atom. The van der Waals surface area contributed by atoms with Crippen LogP contribution < -0.4 is 0 Å². The van der Waals surface area contributed by atoms with Gasteiger partial charge in [-0.15, -0.1) is 23.3 Å². The second-order valence-corrected chi connectivity index (χ2v) is 3.58. The van der Waals surface area contributed by atoms with Crippen LogP contribution in [0.5, 0.6) is 0 Å². The molecular weight excluding hydrogens is 268 g/mol. The Morgan fingerprint density at radius 3 is 2.65 bits per heavy atom. The SMILES string of the molecule is CCC(=[C-]N1CCOC1=O)c1ccccc1.[Zn]. The third kappa shape index (κ3) is 3.40. The van der Waals surface area contributed by atoms with Gasteiger partial charge in [0, 0.05) is 26.0 Å². The molecule has 0 radical (unpaired) electrons. The van der Waals surface area contributed by atoms with Crippen LogP contribution in [0.2, 0.25) is 0 Å². The zero-order valence-electron chi connectivity index (χ0n) is 9.98. The van der Waals surface area contributed by atoms with E-state index in [0.29, 0.717) is 13.2 Å². The van der Waals surface area contributed by atoms with E-state index in [1.807, 2.05) is 30.3 Å². The molecule has 0 aliphatic carbocycles. The van der Waals surface area contributed by atoms with Crippen molar-refractivity contribution < 1.29 is 29.0 Å². The van der Waals surface area contributed by atoms with E-state index in [-0.39, 0.29) is 25.6 Å². The van der Waals surface area contributed by atoms with Crippen molar-refractivity contribution in [3.8, 4) is 0 Å². The Morgan fingerprint density at radius 1 is 1.41 bits per heavy atom. The molecule has 1 aromatic carbocycles. The summed E-state index contributed by atoms with van der Waals surface area (Å²) in [6, 6.07) is 9.98. The minimum absolute atomic E-state index is 0. The summed E-state index contributed by atoms with van der Waals surface area (Å²) >= 11 is 0. The van der Waals surface area contributed by atoms with Gasteiger partial charge in [-0.1, -0.05) is 37.7 Å². The molecule has 0 saturated carbocycles. The first kappa shape index (κ1) is 13.9. The Kier molecular flexibility index (Phi) is 5.37. The third-order valence-corrected chi connectivity index (χ3v) is 2.51. The molecule has 4 heteroatoms. The Bertz CT molecular complexity index is 403. The fourth-order valence-electron chi connectivity index (χ4n) is 1.64. The Labute approximate surface area is 114 Å². The van der Waals surface area contributed by atoms with E-state index in [1.165, 1.54) is 4.90 Å². The number of amides is 1. The predicted octanol–water partition coefficient (Wildman–Crippen LogP) is 2.69. The van der Waals surface area contributed by atoms with E-state index in [2.05, 4.69) is 13.1 Å². The number of cyclic esters (lactones) is 1. The molecule has 2 rings (SSSR count). The summed E-state index contributed by atoms with van der Waals surface area (Å²) < 4.78 is 4.86. The van der Waals surface area contributed by atoms with Gasteiger partial charge in [0.15, 0.2) is 0 Å². The van der Waals surface area contributed by atoms with Crippen LogP contribution >= 0.6 is 0 Å². The van der Waals surface area contributed by atoms with Gasteiger partial charge in [-0.2, -0.15) is 0 Å². The number of hydrogen-bond acceptors (Lipinski definition) is 2. The standard InChI is InChI=1S/C13H14NO2.Zn/c1-2-11(12-6-4-3-5-7-12)10-14-8-9-16-13(14)15;/h3-7H,2,8-9H2,1H3;/q-1;. The van der Waals surface area contributed by atoms with Gasteiger partial charge in [-0.3, -0.25) is 0 Å². The summed E-state index contributed by atoms with van der Waals surface area (Å²) in [4.78, 5) is 12.8. The van der Waals surface area contributed by atoms with Gasteiger partial charge in [0.05, 0.1) is 6.61 Å². The van der Waals surface area contributed by atoms with E-state index in [4.69, 9.17) is 4.74 Å².